The van der Waals surface area contributed by atoms with E-state index in [0.717, 1.165) is 20.7 Å². The largest absolute Gasteiger partial charge is 0.535 e. The lowest BCUT2D eigenvalue weighted by Gasteiger charge is -2.30. The molecule has 0 atom stereocenters. The predicted octanol–water partition coefficient (Wildman–Crippen LogP) is 6.00. The van der Waals surface area contributed by atoms with Gasteiger partial charge < -0.3 is 8.85 Å². The molecular weight excluding hydrogens is 601 g/mol. The Bertz CT molecular complexity index is 1820. The Labute approximate surface area is 271 Å². The lowest BCUT2D eigenvalue weighted by molar-refractivity contribution is 0.0979. The molecule has 1 aliphatic rings. The van der Waals surface area contributed by atoms with Gasteiger partial charge in [-0.05, 0) is 70.2 Å². The van der Waals surface area contributed by atoms with E-state index in [1.807, 2.05) is 72.8 Å². The molecule has 0 spiro atoms. The van der Waals surface area contributed by atoms with Crippen molar-refractivity contribution in [2.45, 2.75) is 13.1 Å². The second kappa shape index (κ2) is 11.9. The van der Waals surface area contributed by atoms with E-state index in [9.17, 15) is 9.59 Å². The number of carbonyl (C=O) groups excluding carboxylic acids is 2. The minimum absolute atomic E-state index is 0.199. The van der Waals surface area contributed by atoms with Gasteiger partial charge in [-0.3, -0.25) is 9.59 Å². The zero-order chi connectivity index (χ0) is 31.7. The van der Waals surface area contributed by atoms with E-state index in [-0.39, 0.29) is 11.6 Å². The van der Waals surface area contributed by atoms with Crippen LogP contribution in [-0.4, -0.2) is 28.2 Å². The van der Waals surface area contributed by atoms with Gasteiger partial charge in [0, 0.05) is 22.3 Å². The van der Waals surface area contributed by atoms with Gasteiger partial charge in [0.1, 0.15) is 11.5 Å². The van der Waals surface area contributed by atoms with Crippen LogP contribution in [-0.2, 0) is 0 Å². The molecule has 6 aromatic rings. The van der Waals surface area contributed by atoms with E-state index >= 15 is 0 Å². The second-order valence-corrected chi connectivity index (χ2v) is 18.7. The quantitative estimate of drug-likeness (QED) is 0.193. The number of benzene rings is 6. The highest BCUT2D eigenvalue weighted by Gasteiger charge is 2.39. The fourth-order valence-electron chi connectivity index (χ4n) is 6.30. The third-order valence-electron chi connectivity index (χ3n) is 8.90. The summed E-state index contributed by atoms with van der Waals surface area (Å²) >= 11 is 0. The fourth-order valence-corrected chi connectivity index (χ4v) is 11.9. The van der Waals surface area contributed by atoms with E-state index in [2.05, 4.69) is 61.6 Å². The van der Waals surface area contributed by atoms with Gasteiger partial charge in [-0.2, -0.15) is 0 Å². The summed E-state index contributed by atoms with van der Waals surface area (Å²) in [5, 5.41) is 4.45. The Kier molecular flexibility index (Phi) is 7.60. The molecule has 0 amide bonds. The smallest absolute Gasteiger partial charge is 0.311 e. The summed E-state index contributed by atoms with van der Waals surface area (Å²) in [6.45, 7) is 4.31. The summed E-state index contributed by atoms with van der Waals surface area (Å²) in [5.74, 6) is 0.737. The SMILES string of the molecule is C[Si](Oc1ccc2c(c1)C(=O)c1ccc(O[Si](C)(c3ccccc3)c3ccccc3)cc1C2=O)(c1ccccc1)c1ccccc1. The molecule has 46 heavy (non-hydrogen) atoms. The number of ketones is 2. The van der Waals surface area contributed by atoms with Crippen LogP contribution in [0.25, 0.3) is 0 Å². The Morgan fingerprint density at radius 2 is 0.652 bits per heavy atom. The zero-order valence-corrected chi connectivity index (χ0v) is 27.6. The van der Waals surface area contributed by atoms with Crippen LogP contribution < -0.4 is 29.6 Å². The molecule has 0 heterocycles. The lowest BCUT2D eigenvalue weighted by Crippen LogP contribution is -2.60. The van der Waals surface area contributed by atoms with Gasteiger partial charge in [0.2, 0.25) is 0 Å². The number of fused-ring (bicyclic) bond motifs is 2. The molecule has 0 fully saturated rings. The Hall–Kier alpha value is -5.31. The first kappa shape index (κ1) is 29.4. The topological polar surface area (TPSA) is 52.6 Å². The molecule has 0 bridgehead atoms. The van der Waals surface area contributed by atoms with Crippen LogP contribution in [0.1, 0.15) is 31.8 Å². The van der Waals surface area contributed by atoms with Gasteiger partial charge >= 0.3 is 16.6 Å². The maximum absolute atomic E-state index is 13.9. The summed E-state index contributed by atoms with van der Waals surface area (Å²) in [6.07, 6.45) is 0. The van der Waals surface area contributed by atoms with Gasteiger partial charge in [-0.15, -0.1) is 0 Å². The molecule has 0 aromatic heterocycles. The van der Waals surface area contributed by atoms with Crippen LogP contribution in [0.5, 0.6) is 11.5 Å². The molecule has 0 radical (unpaired) electrons. The normalized spacial score (nSPS) is 12.7. The zero-order valence-electron chi connectivity index (χ0n) is 25.6. The molecule has 4 nitrogen and oxygen atoms in total. The van der Waals surface area contributed by atoms with Crippen molar-refractivity contribution in [2.24, 2.45) is 0 Å². The average Bonchev–Trinajstić information content (AvgIpc) is 3.12. The summed E-state index contributed by atoms with van der Waals surface area (Å²) < 4.78 is 13.7. The first-order valence-corrected chi connectivity index (χ1v) is 20.2. The molecular formula is C40H32O4Si2. The van der Waals surface area contributed by atoms with Crippen molar-refractivity contribution in [1.82, 2.24) is 0 Å². The number of rotatable bonds is 8. The van der Waals surface area contributed by atoms with Crippen molar-refractivity contribution in [2.75, 3.05) is 0 Å². The molecule has 0 saturated heterocycles. The van der Waals surface area contributed by atoms with Gasteiger partial charge in [0.05, 0.1) is 0 Å². The molecule has 0 aliphatic heterocycles. The van der Waals surface area contributed by atoms with Crippen molar-refractivity contribution in [1.29, 1.82) is 0 Å². The van der Waals surface area contributed by atoms with Gasteiger partial charge in [-0.25, -0.2) is 0 Å². The average molecular weight is 633 g/mol. The van der Waals surface area contributed by atoms with Crippen molar-refractivity contribution in [3.63, 3.8) is 0 Å². The maximum atomic E-state index is 13.9. The summed E-state index contributed by atoms with van der Waals surface area (Å²) in [7, 11) is -5.39. The van der Waals surface area contributed by atoms with Gasteiger partial charge in [-0.1, -0.05) is 121 Å². The first-order valence-electron chi connectivity index (χ1n) is 15.3. The molecule has 6 aromatic carbocycles. The minimum atomic E-state index is -2.69. The van der Waals surface area contributed by atoms with Crippen molar-refractivity contribution in [3.8, 4) is 11.5 Å². The van der Waals surface area contributed by atoms with Crippen LogP contribution >= 0.6 is 0 Å². The highest BCUT2D eigenvalue weighted by molar-refractivity contribution is 6.97. The summed E-state index contributed by atoms with van der Waals surface area (Å²) in [5.41, 5.74) is 1.45. The third kappa shape index (κ3) is 5.21. The number of hydrogen-bond acceptors (Lipinski definition) is 4. The van der Waals surface area contributed by atoms with Crippen LogP contribution in [0.2, 0.25) is 13.1 Å². The van der Waals surface area contributed by atoms with Gasteiger partial charge in [0.25, 0.3) is 0 Å². The van der Waals surface area contributed by atoms with Crippen molar-refractivity contribution >= 4 is 48.9 Å². The van der Waals surface area contributed by atoms with E-state index in [1.165, 1.54) is 0 Å². The van der Waals surface area contributed by atoms with Crippen molar-refractivity contribution in [3.05, 3.63) is 180 Å². The van der Waals surface area contributed by atoms with Crippen molar-refractivity contribution < 1.29 is 18.4 Å². The third-order valence-corrected chi connectivity index (χ3v) is 15.9. The highest BCUT2D eigenvalue weighted by atomic mass is 28.4. The lowest BCUT2D eigenvalue weighted by atomic mass is 9.84. The molecule has 7 rings (SSSR count). The number of carbonyl (C=O) groups is 2. The minimum Gasteiger partial charge on any atom is -0.535 e. The molecule has 0 unspecified atom stereocenters. The van der Waals surface area contributed by atoms with E-state index in [0.29, 0.717) is 33.8 Å². The second-order valence-electron chi connectivity index (χ2n) is 11.8. The first-order chi connectivity index (χ1) is 22.4. The van der Waals surface area contributed by atoms with Crippen LogP contribution in [0, 0.1) is 0 Å². The monoisotopic (exact) mass is 632 g/mol. The van der Waals surface area contributed by atoms with E-state index in [4.69, 9.17) is 8.85 Å². The Balaban J connectivity index is 1.23. The summed E-state index contributed by atoms with van der Waals surface area (Å²) in [6, 6.07) is 51.3. The molecule has 0 saturated carbocycles. The maximum Gasteiger partial charge on any atom is 0.311 e. The predicted molar refractivity (Wildman–Crippen MR) is 189 cm³/mol. The number of hydrogen-bond donors (Lipinski definition) is 0. The van der Waals surface area contributed by atoms with E-state index in [1.54, 1.807) is 36.4 Å². The van der Waals surface area contributed by atoms with Crippen LogP contribution in [0.15, 0.2) is 158 Å². The standard InChI is InChI=1S/C40H32O4Si2/c1-45(31-15-7-3-8-16-31,32-17-9-4-10-18-32)43-29-23-25-35-37(27-29)39(41)36-26-24-30(28-38(36)40(35)42)44-46(2,33-19-11-5-12-20-33)34-21-13-6-14-22-34/h3-28H,1-2H3. The molecule has 6 heteroatoms. The van der Waals surface area contributed by atoms with Crippen LogP contribution in [0.3, 0.4) is 0 Å². The van der Waals surface area contributed by atoms with Gasteiger partial charge in [0.15, 0.2) is 11.6 Å². The highest BCUT2D eigenvalue weighted by Crippen LogP contribution is 2.33. The molecule has 1 aliphatic carbocycles. The Morgan fingerprint density at radius 3 is 0.935 bits per heavy atom. The molecule has 0 N–H and O–H groups in total. The summed E-state index contributed by atoms with van der Waals surface area (Å²) in [4.78, 5) is 27.8. The van der Waals surface area contributed by atoms with Crippen LogP contribution in [0.4, 0.5) is 0 Å². The van der Waals surface area contributed by atoms with E-state index < -0.39 is 16.6 Å². The Morgan fingerprint density at radius 1 is 0.370 bits per heavy atom. The fraction of sp³-hybridized carbons (Fsp3) is 0.0500. The molecule has 224 valence electrons.